The predicted molar refractivity (Wildman–Crippen MR) is 58.5 cm³/mol. The molecule has 0 aliphatic carbocycles. The molecule has 0 atom stereocenters. The smallest absolute Gasteiger partial charge is 0.405 e. The average Bonchev–Trinajstić information content (AvgIpc) is 2.18. The van der Waals surface area contributed by atoms with E-state index in [1.54, 1.807) is 0 Å². The number of hydrogen-bond acceptors (Lipinski definition) is 3. The molecule has 0 heterocycles. The van der Waals surface area contributed by atoms with Gasteiger partial charge in [-0.25, -0.2) is 0 Å². The standard InChI is InChI=1S/C9H6BrF3O2S/c10-4-6(14)5-1-2-8(16)7(3-5)15-9(11,12)13/h1-3,16H,4H2. The molecule has 0 radical (unpaired) electrons. The summed E-state index contributed by atoms with van der Waals surface area (Å²) in [5, 5.41) is 0.0321. The van der Waals surface area contributed by atoms with Crippen molar-refractivity contribution < 1.29 is 22.7 Å². The van der Waals surface area contributed by atoms with Crippen LogP contribution in [-0.4, -0.2) is 17.5 Å². The normalized spacial score (nSPS) is 11.3. The zero-order valence-electron chi connectivity index (χ0n) is 7.71. The van der Waals surface area contributed by atoms with Crippen molar-refractivity contribution in [2.24, 2.45) is 0 Å². The highest BCUT2D eigenvalue weighted by Gasteiger charge is 2.32. The van der Waals surface area contributed by atoms with E-state index in [9.17, 15) is 18.0 Å². The zero-order valence-corrected chi connectivity index (χ0v) is 10.2. The van der Waals surface area contributed by atoms with Gasteiger partial charge in [-0.1, -0.05) is 22.0 Å². The number of thiol groups is 1. The molecule has 7 heteroatoms. The Morgan fingerprint density at radius 2 is 2.06 bits per heavy atom. The van der Waals surface area contributed by atoms with Gasteiger partial charge in [0.05, 0.1) is 5.33 Å². The van der Waals surface area contributed by atoms with E-state index in [2.05, 4.69) is 33.3 Å². The van der Waals surface area contributed by atoms with E-state index < -0.39 is 12.1 Å². The Hall–Kier alpha value is -0.690. The number of rotatable bonds is 3. The maximum absolute atomic E-state index is 12.0. The van der Waals surface area contributed by atoms with Crippen molar-refractivity contribution in [2.75, 3.05) is 5.33 Å². The van der Waals surface area contributed by atoms with Gasteiger partial charge in [0.1, 0.15) is 5.75 Å². The Balaban J connectivity index is 3.04. The van der Waals surface area contributed by atoms with Crippen molar-refractivity contribution in [3.63, 3.8) is 0 Å². The number of halogens is 4. The molecule has 0 N–H and O–H groups in total. The van der Waals surface area contributed by atoms with Crippen LogP contribution in [0.1, 0.15) is 10.4 Å². The van der Waals surface area contributed by atoms with Crippen LogP contribution in [0.3, 0.4) is 0 Å². The summed E-state index contributed by atoms with van der Waals surface area (Å²) in [5.74, 6) is -0.817. The zero-order chi connectivity index (χ0) is 12.3. The largest absolute Gasteiger partial charge is 0.573 e. The lowest BCUT2D eigenvalue weighted by Gasteiger charge is -2.11. The van der Waals surface area contributed by atoms with Crippen molar-refractivity contribution >= 4 is 34.3 Å². The molecule has 0 spiro atoms. The second-order valence-corrected chi connectivity index (χ2v) is 3.83. The van der Waals surface area contributed by atoms with Crippen molar-refractivity contribution in [1.82, 2.24) is 0 Å². The summed E-state index contributed by atoms with van der Waals surface area (Å²) in [6, 6.07) is 3.68. The van der Waals surface area contributed by atoms with Crippen LogP contribution in [-0.2, 0) is 0 Å². The number of benzene rings is 1. The third-order valence-electron chi connectivity index (χ3n) is 1.63. The lowest BCUT2D eigenvalue weighted by Crippen LogP contribution is -2.17. The third kappa shape index (κ3) is 3.71. The molecule has 0 saturated heterocycles. The maximum atomic E-state index is 12.0. The molecule has 0 saturated carbocycles. The molecule has 0 bridgehead atoms. The highest BCUT2D eigenvalue weighted by molar-refractivity contribution is 9.09. The van der Waals surface area contributed by atoms with Crippen LogP contribution in [0.25, 0.3) is 0 Å². The summed E-state index contributed by atoms with van der Waals surface area (Å²) in [5.41, 5.74) is 0.133. The van der Waals surface area contributed by atoms with E-state index >= 15 is 0 Å². The van der Waals surface area contributed by atoms with E-state index in [4.69, 9.17) is 0 Å². The van der Waals surface area contributed by atoms with E-state index in [-0.39, 0.29) is 21.6 Å². The van der Waals surface area contributed by atoms with Crippen LogP contribution >= 0.6 is 28.6 Å². The molecule has 1 aromatic rings. The Morgan fingerprint density at radius 3 is 2.56 bits per heavy atom. The van der Waals surface area contributed by atoms with Crippen LogP contribution in [0, 0.1) is 0 Å². The van der Waals surface area contributed by atoms with Gasteiger partial charge in [-0.2, -0.15) is 0 Å². The molecular formula is C9H6BrF3O2S. The van der Waals surface area contributed by atoms with Crippen molar-refractivity contribution in [2.45, 2.75) is 11.3 Å². The number of hydrogen-bond donors (Lipinski definition) is 1. The fourth-order valence-electron chi connectivity index (χ4n) is 0.971. The molecule has 0 unspecified atom stereocenters. The first-order valence-corrected chi connectivity index (χ1v) is 5.58. The second-order valence-electron chi connectivity index (χ2n) is 2.79. The number of Topliss-reactive ketones (excluding diaryl/α,β-unsaturated/α-hetero) is 1. The Morgan fingerprint density at radius 1 is 1.44 bits per heavy atom. The molecule has 0 aliphatic heterocycles. The molecule has 0 amide bonds. The molecule has 0 fully saturated rings. The Kier molecular flexibility index (Phi) is 4.26. The fourth-order valence-corrected chi connectivity index (χ4v) is 1.48. The molecule has 16 heavy (non-hydrogen) atoms. The highest BCUT2D eigenvalue weighted by atomic mass is 79.9. The van der Waals surface area contributed by atoms with Gasteiger partial charge in [-0.3, -0.25) is 4.79 Å². The second kappa shape index (κ2) is 5.09. The van der Waals surface area contributed by atoms with Gasteiger partial charge in [0.25, 0.3) is 0 Å². The molecule has 88 valence electrons. The maximum Gasteiger partial charge on any atom is 0.573 e. The topological polar surface area (TPSA) is 26.3 Å². The molecule has 1 aromatic carbocycles. The number of ether oxygens (including phenoxy) is 1. The quantitative estimate of drug-likeness (QED) is 0.525. The van der Waals surface area contributed by atoms with Crippen molar-refractivity contribution in [1.29, 1.82) is 0 Å². The Labute approximate surface area is 103 Å². The van der Waals surface area contributed by atoms with E-state index in [1.165, 1.54) is 12.1 Å². The first-order chi connectivity index (χ1) is 7.33. The molecule has 2 nitrogen and oxygen atoms in total. The summed E-state index contributed by atoms with van der Waals surface area (Å²) in [4.78, 5) is 11.3. The average molecular weight is 315 g/mol. The summed E-state index contributed by atoms with van der Waals surface area (Å²) < 4.78 is 39.7. The van der Waals surface area contributed by atoms with Gasteiger partial charge >= 0.3 is 6.36 Å². The van der Waals surface area contributed by atoms with Gasteiger partial charge in [0, 0.05) is 10.5 Å². The van der Waals surface area contributed by atoms with Crippen LogP contribution < -0.4 is 4.74 Å². The summed E-state index contributed by atoms with van der Waals surface area (Å²) in [6.07, 6.45) is -4.80. The number of carbonyl (C=O) groups excluding carboxylic acids is 1. The monoisotopic (exact) mass is 314 g/mol. The number of ketones is 1. The molecule has 0 aliphatic rings. The fraction of sp³-hybridized carbons (Fsp3) is 0.222. The number of carbonyl (C=O) groups is 1. The lowest BCUT2D eigenvalue weighted by molar-refractivity contribution is -0.275. The van der Waals surface area contributed by atoms with Gasteiger partial charge in [-0.05, 0) is 12.1 Å². The van der Waals surface area contributed by atoms with E-state index in [0.29, 0.717) is 0 Å². The minimum atomic E-state index is -4.80. The lowest BCUT2D eigenvalue weighted by atomic mass is 10.1. The van der Waals surface area contributed by atoms with E-state index in [0.717, 1.165) is 6.07 Å². The minimum Gasteiger partial charge on any atom is -0.405 e. The first kappa shape index (κ1) is 13.4. The van der Waals surface area contributed by atoms with Gasteiger partial charge in [0.15, 0.2) is 5.78 Å². The highest BCUT2D eigenvalue weighted by Crippen LogP contribution is 2.29. The van der Waals surface area contributed by atoms with Crippen molar-refractivity contribution in [3.05, 3.63) is 23.8 Å². The van der Waals surface area contributed by atoms with Crippen molar-refractivity contribution in [3.8, 4) is 5.75 Å². The minimum absolute atomic E-state index is 0.0171. The van der Waals surface area contributed by atoms with Gasteiger partial charge in [-0.15, -0.1) is 25.8 Å². The third-order valence-corrected chi connectivity index (χ3v) is 2.51. The predicted octanol–water partition coefficient (Wildman–Crippen LogP) is 3.45. The Bertz CT molecular complexity index is 406. The first-order valence-electron chi connectivity index (χ1n) is 4.01. The summed E-state index contributed by atoms with van der Waals surface area (Å²) in [7, 11) is 0. The summed E-state index contributed by atoms with van der Waals surface area (Å²) >= 11 is 6.73. The number of alkyl halides is 4. The van der Waals surface area contributed by atoms with Gasteiger partial charge < -0.3 is 4.74 Å². The van der Waals surface area contributed by atoms with Crippen LogP contribution in [0.4, 0.5) is 13.2 Å². The van der Waals surface area contributed by atoms with Gasteiger partial charge in [0.2, 0.25) is 0 Å². The molecule has 1 rings (SSSR count). The van der Waals surface area contributed by atoms with E-state index in [1.807, 2.05) is 0 Å². The summed E-state index contributed by atoms with van der Waals surface area (Å²) in [6.45, 7) is 0. The molecule has 0 aromatic heterocycles. The van der Waals surface area contributed by atoms with Crippen LogP contribution in [0.5, 0.6) is 5.75 Å². The molecular weight excluding hydrogens is 309 g/mol. The SMILES string of the molecule is O=C(CBr)c1ccc(S)c(OC(F)(F)F)c1. The van der Waals surface area contributed by atoms with Crippen LogP contribution in [0.15, 0.2) is 23.1 Å². The van der Waals surface area contributed by atoms with Crippen LogP contribution in [0.2, 0.25) is 0 Å².